The number of hydrogen-bond donors (Lipinski definition) is 1. The largest absolute Gasteiger partial charge is 0.496 e. The van der Waals surface area contributed by atoms with Gasteiger partial charge >= 0.3 is 5.97 Å². The molecule has 1 N–H and O–H groups in total. The molecule has 0 heterocycles. The number of hydrogen-bond acceptors (Lipinski definition) is 4. The molecule has 1 rings (SSSR count). The van der Waals surface area contributed by atoms with Crippen molar-refractivity contribution >= 4 is 5.97 Å². The summed E-state index contributed by atoms with van der Waals surface area (Å²) in [5.74, 6) is 0.512. The molecule has 4 heteroatoms. The predicted octanol–water partition coefficient (Wildman–Crippen LogP) is 4.22. The summed E-state index contributed by atoms with van der Waals surface area (Å²) in [6.07, 6.45) is 1.30. The summed E-state index contributed by atoms with van der Waals surface area (Å²) in [6, 6.07) is 3.75. The monoisotopic (exact) mass is 336 g/mol. The molecule has 0 saturated carbocycles. The third-order valence-corrected chi connectivity index (χ3v) is 3.93. The fourth-order valence-corrected chi connectivity index (χ4v) is 2.54. The SMILES string of the molecule is COc1c(C(C)(C)C)cc(C(=O)OCCCCO)cc1C(C)(C)C. The number of benzene rings is 1. The maximum atomic E-state index is 12.4. The Labute approximate surface area is 146 Å². The number of esters is 1. The molecule has 1 aromatic carbocycles. The van der Waals surface area contributed by atoms with Gasteiger partial charge in [0.2, 0.25) is 0 Å². The molecule has 4 nitrogen and oxygen atoms in total. The van der Waals surface area contributed by atoms with Crippen LogP contribution < -0.4 is 4.74 Å². The standard InChI is InChI=1S/C20H32O4/c1-19(2,3)15-12-14(18(22)24-11-9-8-10-21)13-16(17(15)23-7)20(4,5)6/h12-13,21H,8-11H2,1-7H3. The van der Waals surface area contributed by atoms with E-state index in [1.165, 1.54) is 0 Å². The van der Waals surface area contributed by atoms with Crippen LogP contribution in [0.4, 0.5) is 0 Å². The molecular formula is C20H32O4. The molecule has 136 valence electrons. The van der Waals surface area contributed by atoms with Gasteiger partial charge in [0, 0.05) is 17.7 Å². The molecule has 0 aliphatic carbocycles. The summed E-state index contributed by atoms with van der Waals surface area (Å²) in [6.45, 7) is 13.1. The van der Waals surface area contributed by atoms with Gasteiger partial charge in [-0.05, 0) is 35.8 Å². The van der Waals surface area contributed by atoms with E-state index >= 15 is 0 Å². The van der Waals surface area contributed by atoms with Gasteiger partial charge in [-0.15, -0.1) is 0 Å². The highest BCUT2D eigenvalue weighted by atomic mass is 16.5. The second-order valence-electron chi connectivity index (χ2n) is 8.17. The van der Waals surface area contributed by atoms with Crippen LogP contribution in [0.5, 0.6) is 5.75 Å². The van der Waals surface area contributed by atoms with E-state index in [1.807, 2.05) is 12.1 Å². The highest BCUT2D eigenvalue weighted by Crippen LogP contribution is 2.40. The van der Waals surface area contributed by atoms with Crippen LogP contribution in [0.25, 0.3) is 0 Å². The lowest BCUT2D eigenvalue weighted by Gasteiger charge is -2.29. The van der Waals surface area contributed by atoms with Crippen molar-refractivity contribution in [1.29, 1.82) is 0 Å². The van der Waals surface area contributed by atoms with Crippen LogP contribution in [-0.2, 0) is 15.6 Å². The number of carbonyl (C=O) groups is 1. The first-order valence-corrected chi connectivity index (χ1v) is 8.53. The number of unbranched alkanes of at least 4 members (excludes halogenated alkanes) is 1. The number of rotatable bonds is 6. The minimum absolute atomic E-state index is 0.114. The Kier molecular flexibility index (Phi) is 6.85. The molecule has 1 aromatic rings. The van der Waals surface area contributed by atoms with E-state index in [-0.39, 0.29) is 23.4 Å². The zero-order chi connectivity index (χ0) is 18.5. The van der Waals surface area contributed by atoms with Gasteiger partial charge in [-0.2, -0.15) is 0 Å². The van der Waals surface area contributed by atoms with Crippen molar-refractivity contribution in [3.8, 4) is 5.75 Å². The van der Waals surface area contributed by atoms with Crippen molar-refractivity contribution in [3.05, 3.63) is 28.8 Å². The average Bonchev–Trinajstić information content (AvgIpc) is 2.48. The summed E-state index contributed by atoms with van der Waals surface area (Å²) in [5, 5.41) is 8.80. The zero-order valence-corrected chi connectivity index (χ0v) is 16.2. The second-order valence-corrected chi connectivity index (χ2v) is 8.17. The third kappa shape index (κ3) is 5.23. The minimum atomic E-state index is -0.327. The van der Waals surface area contributed by atoms with Gasteiger partial charge in [0.05, 0.1) is 19.3 Å². The number of aliphatic hydroxyl groups is 1. The van der Waals surface area contributed by atoms with Crippen LogP contribution in [0.15, 0.2) is 12.1 Å². The van der Waals surface area contributed by atoms with Crippen molar-refractivity contribution in [3.63, 3.8) is 0 Å². The molecule has 0 bridgehead atoms. The van der Waals surface area contributed by atoms with Crippen LogP contribution in [0.3, 0.4) is 0 Å². The lowest BCUT2D eigenvalue weighted by Crippen LogP contribution is -2.21. The van der Waals surface area contributed by atoms with Crippen molar-refractivity contribution in [1.82, 2.24) is 0 Å². The minimum Gasteiger partial charge on any atom is -0.496 e. The molecule has 0 atom stereocenters. The van der Waals surface area contributed by atoms with E-state index in [2.05, 4.69) is 41.5 Å². The smallest absolute Gasteiger partial charge is 0.338 e. The Hall–Kier alpha value is -1.55. The van der Waals surface area contributed by atoms with E-state index in [4.69, 9.17) is 14.6 Å². The van der Waals surface area contributed by atoms with Crippen LogP contribution in [0, 0.1) is 0 Å². The lowest BCUT2D eigenvalue weighted by atomic mass is 9.78. The Morgan fingerprint density at radius 3 is 1.88 bits per heavy atom. The van der Waals surface area contributed by atoms with E-state index in [1.54, 1.807) is 7.11 Å². The van der Waals surface area contributed by atoms with Gasteiger partial charge in [-0.3, -0.25) is 0 Å². The Morgan fingerprint density at radius 1 is 1.00 bits per heavy atom. The summed E-state index contributed by atoms with van der Waals surface area (Å²) in [5.41, 5.74) is 2.24. The number of ether oxygens (including phenoxy) is 2. The van der Waals surface area contributed by atoms with E-state index in [0.717, 1.165) is 16.9 Å². The van der Waals surface area contributed by atoms with E-state index in [9.17, 15) is 4.79 Å². The van der Waals surface area contributed by atoms with Gasteiger partial charge < -0.3 is 14.6 Å². The molecule has 0 unspecified atom stereocenters. The van der Waals surface area contributed by atoms with Gasteiger partial charge in [0.15, 0.2) is 0 Å². The van der Waals surface area contributed by atoms with Crippen molar-refractivity contribution in [2.75, 3.05) is 20.3 Å². The van der Waals surface area contributed by atoms with Crippen molar-refractivity contribution in [2.45, 2.75) is 65.2 Å². The fourth-order valence-electron chi connectivity index (χ4n) is 2.54. The molecule has 0 fully saturated rings. The average molecular weight is 336 g/mol. The maximum Gasteiger partial charge on any atom is 0.338 e. The Bertz CT molecular complexity index is 527. The first-order chi connectivity index (χ1) is 11.0. The van der Waals surface area contributed by atoms with Crippen molar-refractivity contribution < 1.29 is 19.4 Å². The van der Waals surface area contributed by atoms with Gasteiger partial charge in [0.1, 0.15) is 5.75 Å². The molecule has 0 radical (unpaired) electrons. The quantitative estimate of drug-likeness (QED) is 0.624. The highest BCUT2D eigenvalue weighted by Gasteiger charge is 2.28. The van der Waals surface area contributed by atoms with Crippen LogP contribution >= 0.6 is 0 Å². The molecule has 24 heavy (non-hydrogen) atoms. The van der Waals surface area contributed by atoms with E-state index < -0.39 is 0 Å². The van der Waals surface area contributed by atoms with Crippen LogP contribution in [-0.4, -0.2) is 31.4 Å². The summed E-state index contributed by atoms with van der Waals surface area (Å²) in [7, 11) is 1.67. The number of carbonyl (C=O) groups excluding carboxylic acids is 1. The van der Waals surface area contributed by atoms with Crippen LogP contribution in [0.2, 0.25) is 0 Å². The Balaban J connectivity index is 3.29. The Morgan fingerprint density at radius 2 is 1.50 bits per heavy atom. The zero-order valence-electron chi connectivity index (χ0n) is 16.2. The molecule has 0 amide bonds. The van der Waals surface area contributed by atoms with Gasteiger partial charge in [-0.25, -0.2) is 4.79 Å². The predicted molar refractivity (Wildman–Crippen MR) is 97.0 cm³/mol. The lowest BCUT2D eigenvalue weighted by molar-refractivity contribution is 0.0492. The first kappa shape index (κ1) is 20.5. The second kappa shape index (κ2) is 8.02. The summed E-state index contributed by atoms with van der Waals surface area (Å²) < 4.78 is 11.0. The van der Waals surface area contributed by atoms with Crippen LogP contribution in [0.1, 0.15) is 75.9 Å². The number of aliphatic hydroxyl groups excluding tert-OH is 1. The maximum absolute atomic E-state index is 12.4. The molecular weight excluding hydrogens is 304 g/mol. The topological polar surface area (TPSA) is 55.8 Å². The highest BCUT2D eigenvalue weighted by molar-refractivity contribution is 5.90. The first-order valence-electron chi connectivity index (χ1n) is 8.53. The summed E-state index contributed by atoms with van der Waals surface area (Å²) in [4.78, 5) is 12.4. The molecule has 0 aromatic heterocycles. The molecule has 0 spiro atoms. The number of methoxy groups -OCH3 is 1. The van der Waals surface area contributed by atoms with Gasteiger partial charge in [0.25, 0.3) is 0 Å². The van der Waals surface area contributed by atoms with Crippen molar-refractivity contribution in [2.24, 2.45) is 0 Å². The normalized spacial score (nSPS) is 12.2. The van der Waals surface area contributed by atoms with Gasteiger partial charge in [-0.1, -0.05) is 41.5 Å². The summed E-state index contributed by atoms with van der Waals surface area (Å²) >= 11 is 0. The third-order valence-electron chi connectivity index (χ3n) is 3.93. The molecule has 0 saturated heterocycles. The fraction of sp³-hybridized carbons (Fsp3) is 0.650. The van der Waals surface area contributed by atoms with E-state index in [0.29, 0.717) is 25.0 Å². The molecule has 0 aliphatic heterocycles. The molecule has 0 aliphatic rings.